The van der Waals surface area contributed by atoms with Crippen LogP contribution in [-0.4, -0.2) is 27.9 Å². The molecule has 0 fully saturated rings. The van der Waals surface area contributed by atoms with Gasteiger partial charge < -0.3 is 14.4 Å². The van der Waals surface area contributed by atoms with Crippen molar-refractivity contribution in [3.8, 4) is 0 Å². The van der Waals surface area contributed by atoms with E-state index in [0.717, 1.165) is 6.42 Å². The van der Waals surface area contributed by atoms with E-state index in [2.05, 4.69) is 18.8 Å². The van der Waals surface area contributed by atoms with Gasteiger partial charge in [-0.15, -0.1) is 0 Å². The van der Waals surface area contributed by atoms with E-state index in [1.165, 1.54) is 0 Å². The predicted molar refractivity (Wildman–Crippen MR) is 92.9 cm³/mol. The lowest BCUT2D eigenvalue weighted by molar-refractivity contribution is -0.0638. The molecule has 0 bridgehead atoms. The van der Waals surface area contributed by atoms with Crippen LogP contribution >= 0.6 is 23.2 Å². The Hall–Kier alpha value is -1.07. The molecule has 0 radical (unpaired) electrons. The molecule has 0 saturated carbocycles. The minimum atomic E-state index is -1.25. The average molecular weight is 357 g/mol. The van der Waals surface area contributed by atoms with E-state index in [0.29, 0.717) is 34.7 Å². The SMILES string of the molecule is CC(C)CCOCC(O)(Cn1ccnc1)c1ccc(Cl)cc1Cl. The molecular weight excluding hydrogens is 335 g/mol. The largest absolute Gasteiger partial charge is 0.381 e. The summed E-state index contributed by atoms with van der Waals surface area (Å²) >= 11 is 12.3. The van der Waals surface area contributed by atoms with Crippen molar-refractivity contribution < 1.29 is 9.84 Å². The van der Waals surface area contributed by atoms with Crippen molar-refractivity contribution in [3.05, 3.63) is 52.5 Å². The predicted octanol–water partition coefficient (Wildman–Crippen LogP) is 4.14. The Bertz CT molecular complexity index is 617. The summed E-state index contributed by atoms with van der Waals surface area (Å²) in [5.41, 5.74) is -0.652. The Labute approximate surface area is 147 Å². The monoisotopic (exact) mass is 356 g/mol. The standard InChI is InChI=1S/C17H22Cl2N2O2/c1-13(2)5-8-23-11-17(22,10-21-7-6-20-12-21)15-4-3-14(18)9-16(15)19/h3-4,6-7,9,12-13,22H,5,8,10-11H2,1-2H3. The molecule has 2 rings (SSSR count). The molecule has 1 aromatic carbocycles. The van der Waals surface area contributed by atoms with Crippen LogP contribution in [0, 0.1) is 5.92 Å². The van der Waals surface area contributed by atoms with Gasteiger partial charge in [0.15, 0.2) is 0 Å². The quantitative estimate of drug-likeness (QED) is 0.723. The highest BCUT2D eigenvalue weighted by Crippen LogP contribution is 2.32. The molecule has 23 heavy (non-hydrogen) atoms. The Morgan fingerprint density at radius 2 is 2.13 bits per heavy atom. The first kappa shape index (κ1) is 18.3. The Balaban J connectivity index is 2.19. The zero-order valence-electron chi connectivity index (χ0n) is 13.4. The van der Waals surface area contributed by atoms with E-state index in [-0.39, 0.29) is 6.61 Å². The Kier molecular flexibility index (Phi) is 6.48. The van der Waals surface area contributed by atoms with E-state index in [1.807, 2.05) is 0 Å². The minimum absolute atomic E-state index is 0.152. The number of aromatic nitrogens is 2. The maximum atomic E-state index is 11.2. The van der Waals surface area contributed by atoms with Gasteiger partial charge in [-0.05, 0) is 24.5 Å². The van der Waals surface area contributed by atoms with Gasteiger partial charge in [0, 0.05) is 34.6 Å². The van der Waals surface area contributed by atoms with Crippen LogP contribution in [0.5, 0.6) is 0 Å². The molecule has 0 aliphatic rings. The lowest BCUT2D eigenvalue weighted by atomic mass is 9.94. The first-order chi connectivity index (χ1) is 10.9. The lowest BCUT2D eigenvalue weighted by Gasteiger charge is -2.30. The summed E-state index contributed by atoms with van der Waals surface area (Å²) in [6.45, 7) is 5.32. The van der Waals surface area contributed by atoms with Crippen LogP contribution < -0.4 is 0 Å². The van der Waals surface area contributed by atoms with Crippen LogP contribution in [0.25, 0.3) is 0 Å². The third kappa shape index (κ3) is 5.21. The smallest absolute Gasteiger partial charge is 0.132 e. The van der Waals surface area contributed by atoms with Gasteiger partial charge in [-0.25, -0.2) is 4.98 Å². The third-order valence-corrected chi connectivity index (χ3v) is 4.16. The van der Waals surface area contributed by atoms with Crippen LogP contribution in [0.15, 0.2) is 36.9 Å². The molecule has 0 spiro atoms. The normalized spacial score (nSPS) is 14.2. The highest BCUT2D eigenvalue weighted by atomic mass is 35.5. The van der Waals surface area contributed by atoms with Crippen LogP contribution in [-0.2, 0) is 16.9 Å². The second-order valence-electron chi connectivity index (χ2n) is 6.13. The molecule has 1 heterocycles. The van der Waals surface area contributed by atoms with E-state index in [9.17, 15) is 5.11 Å². The molecule has 2 aromatic rings. The van der Waals surface area contributed by atoms with Gasteiger partial charge in [0.25, 0.3) is 0 Å². The molecule has 1 N–H and O–H groups in total. The fraction of sp³-hybridized carbons (Fsp3) is 0.471. The number of benzene rings is 1. The van der Waals surface area contributed by atoms with Crippen molar-refractivity contribution in [1.82, 2.24) is 9.55 Å². The van der Waals surface area contributed by atoms with Crippen molar-refractivity contribution in [2.45, 2.75) is 32.4 Å². The average Bonchev–Trinajstić information content (AvgIpc) is 2.96. The third-order valence-electron chi connectivity index (χ3n) is 3.62. The number of rotatable bonds is 8. The fourth-order valence-corrected chi connectivity index (χ4v) is 2.90. The molecule has 1 atom stereocenters. The lowest BCUT2D eigenvalue weighted by Crippen LogP contribution is -2.37. The van der Waals surface area contributed by atoms with E-state index >= 15 is 0 Å². The molecule has 1 aromatic heterocycles. The number of hydrogen-bond acceptors (Lipinski definition) is 3. The number of hydrogen-bond donors (Lipinski definition) is 1. The zero-order valence-corrected chi connectivity index (χ0v) is 14.9. The number of imidazole rings is 1. The summed E-state index contributed by atoms with van der Waals surface area (Å²) in [6, 6.07) is 5.09. The molecule has 6 heteroatoms. The van der Waals surface area contributed by atoms with Gasteiger partial charge in [-0.3, -0.25) is 0 Å². The molecule has 0 aliphatic carbocycles. The first-order valence-electron chi connectivity index (χ1n) is 7.62. The molecule has 4 nitrogen and oxygen atoms in total. The summed E-state index contributed by atoms with van der Waals surface area (Å²) in [4.78, 5) is 4.01. The van der Waals surface area contributed by atoms with Gasteiger partial charge in [0.2, 0.25) is 0 Å². The Morgan fingerprint density at radius 3 is 2.74 bits per heavy atom. The van der Waals surface area contributed by atoms with Crippen molar-refractivity contribution in [2.24, 2.45) is 5.92 Å². The van der Waals surface area contributed by atoms with E-state index in [1.54, 1.807) is 41.5 Å². The van der Waals surface area contributed by atoms with Gasteiger partial charge >= 0.3 is 0 Å². The summed E-state index contributed by atoms with van der Waals surface area (Å²) in [7, 11) is 0. The first-order valence-corrected chi connectivity index (χ1v) is 8.38. The van der Waals surface area contributed by atoms with Crippen molar-refractivity contribution in [2.75, 3.05) is 13.2 Å². The number of halogens is 2. The van der Waals surface area contributed by atoms with Gasteiger partial charge in [0.05, 0.1) is 19.5 Å². The molecule has 0 aliphatic heterocycles. The second kappa shape index (κ2) is 8.15. The van der Waals surface area contributed by atoms with Crippen LogP contribution in [0.3, 0.4) is 0 Å². The molecule has 1 unspecified atom stereocenters. The number of aliphatic hydroxyl groups is 1. The maximum absolute atomic E-state index is 11.2. The van der Waals surface area contributed by atoms with Crippen molar-refractivity contribution >= 4 is 23.2 Å². The van der Waals surface area contributed by atoms with Crippen molar-refractivity contribution in [1.29, 1.82) is 0 Å². The van der Waals surface area contributed by atoms with Gasteiger partial charge in [-0.1, -0.05) is 43.1 Å². The summed E-state index contributed by atoms with van der Waals surface area (Å²) < 4.78 is 7.53. The van der Waals surface area contributed by atoms with Gasteiger partial charge in [0.1, 0.15) is 5.60 Å². The van der Waals surface area contributed by atoms with E-state index in [4.69, 9.17) is 27.9 Å². The Morgan fingerprint density at radius 1 is 1.35 bits per heavy atom. The maximum Gasteiger partial charge on any atom is 0.132 e. The molecule has 0 amide bonds. The number of nitrogens with zero attached hydrogens (tertiary/aromatic N) is 2. The molecule has 126 valence electrons. The zero-order chi connectivity index (χ0) is 16.9. The summed E-state index contributed by atoms with van der Waals surface area (Å²) in [5.74, 6) is 0.552. The number of ether oxygens (including phenoxy) is 1. The van der Waals surface area contributed by atoms with Crippen LogP contribution in [0.1, 0.15) is 25.8 Å². The summed E-state index contributed by atoms with van der Waals surface area (Å²) in [5, 5.41) is 12.1. The molecule has 0 saturated heterocycles. The van der Waals surface area contributed by atoms with Gasteiger partial charge in [-0.2, -0.15) is 0 Å². The van der Waals surface area contributed by atoms with E-state index < -0.39 is 5.60 Å². The highest BCUT2D eigenvalue weighted by molar-refractivity contribution is 6.35. The van der Waals surface area contributed by atoms with Crippen LogP contribution in [0.4, 0.5) is 0 Å². The van der Waals surface area contributed by atoms with Crippen LogP contribution in [0.2, 0.25) is 10.0 Å². The summed E-state index contributed by atoms with van der Waals surface area (Å²) in [6.07, 6.45) is 6.06. The van der Waals surface area contributed by atoms with Crippen molar-refractivity contribution in [3.63, 3.8) is 0 Å². The fourth-order valence-electron chi connectivity index (χ4n) is 2.32. The highest BCUT2D eigenvalue weighted by Gasteiger charge is 2.32. The molecular formula is C17H22Cl2N2O2. The second-order valence-corrected chi connectivity index (χ2v) is 6.97. The minimum Gasteiger partial charge on any atom is -0.381 e. The topological polar surface area (TPSA) is 47.3 Å².